The van der Waals surface area contributed by atoms with E-state index in [1.165, 1.54) is 36.0 Å². The van der Waals surface area contributed by atoms with E-state index in [1.807, 2.05) is 18.2 Å². The van der Waals surface area contributed by atoms with Crippen molar-refractivity contribution in [1.82, 2.24) is 4.90 Å². The molecule has 0 bridgehead atoms. The van der Waals surface area contributed by atoms with Crippen LogP contribution in [0.3, 0.4) is 0 Å². The first-order chi connectivity index (χ1) is 18.5. The molecule has 0 atom stereocenters. The highest BCUT2D eigenvalue weighted by molar-refractivity contribution is 8.18. The molecule has 1 N–H and O–H groups in total. The number of methoxy groups -OCH3 is 2. The number of para-hydroxylation sites is 1. The van der Waals surface area contributed by atoms with Crippen LogP contribution in [0.4, 0.5) is 15.8 Å². The Morgan fingerprint density at radius 3 is 2.50 bits per heavy atom. The number of nitrogens with zero attached hydrogens (tertiary/aromatic N) is 2. The Morgan fingerprint density at radius 1 is 1.05 bits per heavy atom. The number of hydrogen-bond acceptors (Lipinski definition) is 7. The number of carbonyl (C=O) groups is 2. The van der Waals surface area contributed by atoms with Crippen LogP contribution >= 0.6 is 11.8 Å². The van der Waals surface area contributed by atoms with E-state index in [4.69, 9.17) is 14.2 Å². The number of carbonyl (C=O) groups excluding carboxylic acids is 2. The van der Waals surface area contributed by atoms with Gasteiger partial charge in [0.1, 0.15) is 17.3 Å². The molecular formula is C28H26FN3O5S. The Bertz CT molecular complexity index is 1340. The summed E-state index contributed by atoms with van der Waals surface area (Å²) in [7, 11) is 3.17. The molecule has 3 aromatic carbocycles. The van der Waals surface area contributed by atoms with E-state index in [2.05, 4.69) is 10.3 Å². The molecule has 8 nitrogen and oxygen atoms in total. The van der Waals surface area contributed by atoms with Gasteiger partial charge in [-0.15, -0.1) is 0 Å². The van der Waals surface area contributed by atoms with Gasteiger partial charge in [0.15, 0.2) is 11.8 Å². The molecule has 1 fully saturated rings. The van der Waals surface area contributed by atoms with Gasteiger partial charge >= 0.3 is 0 Å². The fourth-order valence-corrected chi connectivity index (χ4v) is 4.50. The van der Waals surface area contributed by atoms with Crippen molar-refractivity contribution in [1.29, 1.82) is 0 Å². The van der Waals surface area contributed by atoms with E-state index in [9.17, 15) is 14.0 Å². The fourth-order valence-electron chi connectivity index (χ4n) is 3.48. The Balaban J connectivity index is 1.51. The third-order valence-electron chi connectivity index (χ3n) is 5.40. The molecule has 1 aliphatic rings. The lowest BCUT2D eigenvalue weighted by molar-refractivity contribution is -0.122. The first kappa shape index (κ1) is 26.9. The number of aliphatic imine (C=N–C) groups is 1. The number of rotatable bonds is 10. The lowest BCUT2D eigenvalue weighted by Crippen LogP contribution is -2.32. The third-order valence-corrected chi connectivity index (χ3v) is 6.40. The quantitative estimate of drug-likeness (QED) is 0.363. The van der Waals surface area contributed by atoms with Crippen molar-refractivity contribution in [2.45, 2.75) is 0 Å². The van der Waals surface area contributed by atoms with Crippen molar-refractivity contribution < 1.29 is 28.2 Å². The zero-order valence-electron chi connectivity index (χ0n) is 20.8. The molecule has 0 radical (unpaired) electrons. The number of amides is 2. The standard InChI is InChI=1S/C28H26FN3O5S/c1-35-16-15-32-27(34)25(38-28(32)31-22-11-13-23(36-2)14-12-22)17-19-5-3-4-6-24(19)37-18-26(33)30-21-9-7-20(29)8-10-21/h3-14,17H,15-16,18H2,1-2H3,(H,30,33)/b25-17-,31-28?. The van der Waals surface area contributed by atoms with Crippen LogP contribution in [0.2, 0.25) is 0 Å². The fraction of sp³-hybridized carbons (Fsp3) is 0.179. The zero-order valence-corrected chi connectivity index (χ0v) is 21.7. The van der Waals surface area contributed by atoms with Crippen LogP contribution in [-0.4, -0.2) is 55.9 Å². The van der Waals surface area contributed by atoms with Crippen molar-refractivity contribution >= 4 is 46.2 Å². The van der Waals surface area contributed by atoms with E-state index in [0.29, 0.717) is 51.7 Å². The maximum absolute atomic E-state index is 13.3. The van der Waals surface area contributed by atoms with Gasteiger partial charge in [-0.3, -0.25) is 14.5 Å². The first-order valence-corrected chi connectivity index (χ1v) is 12.5. The molecule has 3 aromatic rings. The molecule has 1 saturated heterocycles. The van der Waals surface area contributed by atoms with Gasteiger partial charge in [-0.2, -0.15) is 0 Å². The second kappa shape index (κ2) is 12.9. The lowest BCUT2D eigenvalue weighted by atomic mass is 10.2. The summed E-state index contributed by atoms with van der Waals surface area (Å²) in [5, 5.41) is 3.18. The number of ether oxygens (including phenoxy) is 3. The SMILES string of the molecule is COCCN1C(=O)/C(=C/c2ccccc2OCC(=O)Nc2ccc(F)cc2)SC1=Nc1ccc(OC)cc1. The minimum atomic E-state index is -0.398. The molecule has 0 unspecified atom stereocenters. The molecule has 2 amide bonds. The van der Waals surface area contributed by atoms with Crippen molar-refractivity contribution in [3.05, 3.63) is 89.1 Å². The summed E-state index contributed by atoms with van der Waals surface area (Å²) >= 11 is 1.25. The summed E-state index contributed by atoms with van der Waals surface area (Å²) < 4.78 is 29.2. The zero-order chi connectivity index (χ0) is 26.9. The highest BCUT2D eigenvalue weighted by Crippen LogP contribution is 2.35. The monoisotopic (exact) mass is 535 g/mol. The van der Waals surface area contributed by atoms with E-state index in [1.54, 1.807) is 55.5 Å². The molecule has 1 heterocycles. The number of thioether (sulfide) groups is 1. The summed E-state index contributed by atoms with van der Waals surface area (Å²) in [4.78, 5) is 32.3. The number of benzene rings is 3. The molecule has 0 saturated carbocycles. The second-order valence-corrected chi connectivity index (χ2v) is 9.04. The molecule has 10 heteroatoms. The minimum absolute atomic E-state index is 0.205. The van der Waals surface area contributed by atoms with Crippen molar-refractivity contribution in [2.75, 3.05) is 39.3 Å². The largest absolute Gasteiger partial charge is 0.497 e. The van der Waals surface area contributed by atoms with Crippen LogP contribution in [0.5, 0.6) is 11.5 Å². The van der Waals surface area contributed by atoms with Gasteiger partial charge in [-0.25, -0.2) is 9.38 Å². The second-order valence-electron chi connectivity index (χ2n) is 8.03. The molecule has 196 valence electrons. The minimum Gasteiger partial charge on any atom is -0.497 e. The molecule has 38 heavy (non-hydrogen) atoms. The maximum atomic E-state index is 13.3. The maximum Gasteiger partial charge on any atom is 0.266 e. The Labute approximate surface area is 224 Å². The van der Waals surface area contributed by atoms with Crippen LogP contribution in [0.15, 0.2) is 82.7 Å². The van der Waals surface area contributed by atoms with Gasteiger partial charge in [-0.1, -0.05) is 18.2 Å². The summed E-state index contributed by atoms with van der Waals surface area (Å²) in [5.41, 5.74) is 1.78. The highest BCUT2D eigenvalue weighted by atomic mass is 32.2. The van der Waals surface area contributed by atoms with E-state index < -0.39 is 11.7 Å². The van der Waals surface area contributed by atoms with Gasteiger partial charge in [0, 0.05) is 18.4 Å². The molecular weight excluding hydrogens is 509 g/mol. The third kappa shape index (κ3) is 6.99. The van der Waals surface area contributed by atoms with Gasteiger partial charge in [0.25, 0.3) is 11.8 Å². The topological polar surface area (TPSA) is 89.5 Å². The summed E-state index contributed by atoms with van der Waals surface area (Å²) in [5.74, 6) is 0.155. The van der Waals surface area contributed by atoms with Crippen molar-refractivity contribution in [3.63, 3.8) is 0 Å². The van der Waals surface area contributed by atoms with Crippen molar-refractivity contribution in [2.24, 2.45) is 4.99 Å². The lowest BCUT2D eigenvalue weighted by Gasteiger charge is -2.14. The number of amidine groups is 1. The summed E-state index contributed by atoms with van der Waals surface area (Å²) in [6, 6.07) is 19.8. The molecule has 0 aliphatic carbocycles. The highest BCUT2D eigenvalue weighted by Gasteiger charge is 2.33. The molecule has 1 aliphatic heterocycles. The average Bonchev–Trinajstić information content (AvgIpc) is 3.21. The summed E-state index contributed by atoms with van der Waals surface area (Å²) in [6.45, 7) is 0.434. The number of halogens is 1. The summed E-state index contributed by atoms with van der Waals surface area (Å²) in [6.07, 6.45) is 1.72. The van der Waals surface area contributed by atoms with Gasteiger partial charge in [0.05, 0.1) is 30.9 Å². The smallest absolute Gasteiger partial charge is 0.266 e. The Kier molecular flexibility index (Phi) is 9.12. The van der Waals surface area contributed by atoms with E-state index in [-0.39, 0.29) is 12.5 Å². The van der Waals surface area contributed by atoms with Gasteiger partial charge < -0.3 is 19.5 Å². The van der Waals surface area contributed by atoms with E-state index in [0.717, 1.165) is 0 Å². The van der Waals surface area contributed by atoms with Gasteiger partial charge in [0.2, 0.25) is 0 Å². The number of nitrogens with one attached hydrogen (secondary N) is 1. The van der Waals surface area contributed by atoms with Crippen LogP contribution in [0, 0.1) is 5.82 Å². The number of anilines is 1. The van der Waals surface area contributed by atoms with Gasteiger partial charge in [-0.05, 0) is 72.4 Å². The average molecular weight is 536 g/mol. The molecule has 4 rings (SSSR count). The number of hydrogen-bond donors (Lipinski definition) is 1. The van der Waals surface area contributed by atoms with E-state index >= 15 is 0 Å². The first-order valence-electron chi connectivity index (χ1n) is 11.7. The predicted molar refractivity (Wildman–Crippen MR) is 146 cm³/mol. The normalized spacial score (nSPS) is 15.2. The van der Waals surface area contributed by atoms with Crippen LogP contribution in [0.1, 0.15) is 5.56 Å². The van der Waals surface area contributed by atoms with Crippen molar-refractivity contribution in [3.8, 4) is 11.5 Å². The predicted octanol–water partition coefficient (Wildman–Crippen LogP) is 5.10. The molecule has 0 aromatic heterocycles. The van der Waals surface area contributed by atoms with Crippen LogP contribution in [0.25, 0.3) is 6.08 Å². The van der Waals surface area contributed by atoms with Crippen LogP contribution < -0.4 is 14.8 Å². The Hall–Kier alpha value is -4.15. The van der Waals surface area contributed by atoms with Crippen LogP contribution in [-0.2, 0) is 14.3 Å². The Morgan fingerprint density at radius 2 is 1.79 bits per heavy atom. The molecule has 0 spiro atoms.